The van der Waals surface area contributed by atoms with Crippen molar-refractivity contribution in [2.45, 2.75) is 39.0 Å². The third kappa shape index (κ3) is 3.78. The van der Waals surface area contributed by atoms with Crippen LogP contribution in [0.2, 0.25) is 0 Å². The first-order valence-electron chi connectivity index (χ1n) is 8.91. The highest BCUT2D eigenvalue weighted by Crippen LogP contribution is 2.33. The molecule has 0 radical (unpaired) electrons. The Balaban J connectivity index is 1.65. The standard InChI is InChI=1S/C17H28N4O3/c1-13-19-15(20-24-13)10-14-4-3-9-21(11-14)16(22)17(12-23-2)5-7-18-8-6-17/h14,18H,3-12H2,1-2H3. The number of piperidine rings is 2. The average Bonchev–Trinajstić information content (AvgIpc) is 3.00. The molecule has 0 saturated carbocycles. The highest BCUT2D eigenvalue weighted by atomic mass is 16.5. The van der Waals surface area contributed by atoms with Gasteiger partial charge in [0.05, 0.1) is 12.0 Å². The van der Waals surface area contributed by atoms with Crippen LogP contribution in [0, 0.1) is 18.3 Å². The minimum atomic E-state index is -0.357. The lowest BCUT2D eigenvalue weighted by atomic mass is 9.77. The third-order valence-corrected chi connectivity index (χ3v) is 5.28. The van der Waals surface area contributed by atoms with Crippen LogP contribution in [0.25, 0.3) is 0 Å². The maximum Gasteiger partial charge on any atom is 0.231 e. The van der Waals surface area contributed by atoms with Crippen molar-refractivity contribution in [3.8, 4) is 0 Å². The molecule has 1 aromatic rings. The molecule has 2 aliphatic rings. The molecule has 1 amide bonds. The topological polar surface area (TPSA) is 80.5 Å². The molecular weight excluding hydrogens is 308 g/mol. The average molecular weight is 336 g/mol. The van der Waals surface area contributed by atoms with Crippen LogP contribution in [-0.2, 0) is 16.0 Å². The van der Waals surface area contributed by atoms with E-state index in [1.54, 1.807) is 14.0 Å². The molecule has 3 heterocycles. The monoisotopic (exact) mass is 336 g/mol. The van der Waals surface area contributed by atoms with Crippen LogP contribution in [-0.4, -0.2) is 60.8 Å². The summed E-state index contributed by atoms with van der Waals surface area (Å²) in [5, 5.41) is 7.34. The predicted octanol–water partition coefficient (Wildman–Crippen LogP) is 1.18. The normalized spacial score (nSPS) is 24.1. The number of nitrogens with zero attached hydrogens (tertiary/aromatic N) is 3. The number of carbonyl (C=O) groups excluding carboxylic acids is 1. The first kappa shape index (κ1) is 17.4. The number of ether oxygens (including phenoxy) is 1. The second kappa shape index (κ2) is 7.61. The van der Waals surface area contributed by atoms with E-state index < -0.39 is 0 Å². The summed E-state index contributed by atoms with van der Waals surface area (Å²) in [6, 6.07) is 0. The molecule has 7 heteroatoms. The zero-order chi connectivity index (χ0) is 17.0. The molecule has 1 unspecified atom stereocenters. The van der Waals surface area contributed by atoms with Crippen molar-refractivity contribution >= 4 is 5.91 Å². The number of methoxy groups -OCH3 is 1. The quantitative estimate of drug-likeness (QED) is 0.869. The zero-order valence-electron chi connectivity index (χ0n) is 14.7. The summed E-state index contributed by atoms with van der Waals surface area (Å²) < 4.78 is 10.5. The molecule has 0 aromatic carbocycles. The number of carbonyl (C=O) groups is 1. The number of amides is 1. The Morgan fingerprint density at radius 2 is 2.25 bits per heavy atom. The van der Waals surface area contributed by atoms with E-state index in [0.29, 0.717) is 18.4 Å². The van der Waals surface area contributed by atoms with Gasteiger partial charge in [0.25, 0.3) is 0 Å². The number of likely N-dealkylation sites (tertiary alicyclic amines) is 1. The van der Waals surface area contributed by atoms with Crippen LogP contribution in [0.15, 0.2) is 4.52 Å². The molecule has 0 bridgehead atoms. The number of hydrogen-bond acceptors (Lipinski definition) is 6. The van der Waals surface area contributed by atoms with Crippen molar-refractivity contribution in [1.82, 2.24) is 20.4 Å². The van der Waals surface area contributed by atoms with E-state index in [1.165, 1.54) is 0 Å². The minimum absolute atomic E-state index is 0.264. The van der Waals surface area contributed by atoms with E-state index in [0.717, 1.165) is 64.1 Å². The summed E-state index contributed by atoms with van der Waals surface area (Å²) in [7, 11) is 1.69. The lowest BCUT2D eigenvalue weighted by molar-refractivity contribution is -0.149. The lowest BCUT2D eigenvalue weighted by Gasteiger charge is -2.42. The molecule has 0 aliphatic carbocycles. The van der Waals surface area contributed by atoms with E-state index in [9.17, 15) is 4.79 Å². The van der Waals surface area contributed by atoms with Gasteiger partial charge in [0.2, 0.25) is 11.8 Å². The van der Waals surface area contributed by atoms with Gasteiger partial charge in [-0.1, -0.05) is 5.16 Å². The van der Waals surface area contributed by atoms with Crippen molar-refractivity contribution < 1.29 is 14.1 Å². The smallest absolute Gasteiger partial charge is 0.231 e. The van der Waals surface area contributed by atoms with Gasteiger partial charge in [0, 0.05) is 33.5 Å². The summed E-state index contributed by atoms with van der Waals surface area (Å²) in [6.45, 7) is 5.71. The van der Waals surface area contributed by atoms with Gasteiger partial charge in [0.15, 0.2) is 5.82 Å². The van der Waals surface area contributed by atoms with Gasteiger partial charge in [-0.15, -0.1) is 0 Å². The maximum atomic E-state index is 13.2. The molecule has 2 aliphatic heterocycles. The van der Waals surface area contributed by atoms with Gasteiger partial charge in [-0.25, -0.2) is 0 Å². The summed E-state index contributed by atoms with van der Waals surface area (Å²) in [4.78, 5) is 19.6. The summed E-state index contributed by atoms with van der Waals surface area (Å²) in [6.07, 6.45) is 4.63. The largest absolute Gasteiger partial charge is 0.384 e. The first-order chi connectivity index (χ1) is 11.6. The molecule has 3 rings (SSSR count). The van der Waals surface area contributed by atoms with Gasteiger partial charge >= 0.3 is 0 Å². The van der Waals surface area contributed by atoms with E-state index in [2.05, 4.69) is 15.5 Å². The number of nitrogens with one attached hydrogen (secondary N) is 1. The highest BCUT2D eigenvalue weighted by molar-refractivity contribution is 5.83. The fourth-order valence-electron chi connectivity index (χ4n) is 4.04. The van der Waals surface area contributed by atoms with Crippen molar-refractivity contribution in [3.63, 3.8) is 0 Å². The van der Waals surface area contributed by atoms with E-state index in [-0.39, 0.29) is 11.3 Å². The van der Waals surface area contributed by atoms with E-state index >= 15 is 0 Å². The first-order valence-corrected chi connectivity index (χ1v) is 8.91. The predicted molar refractivity (Wildman–Crippen MR) is 88.5 cm³/mol. The number of aromatic nitrogens is 2. The SMILES string of the molecule is COCC1(C(=O)N2CCCC(Cc3noc(C)n3)C2)CCNCC1. The Morgan fingerprint density at radius 1 is 1.46 bits per heavy atom. The molecule has 2 saturated heterocycles. The molecule has 2 fully saturated rings. The maximum absolute atomic E-state index is 13.2. The number of hydrogen-bond donors (Lipinski definition) is 1. The molecule has 1 N–H and O–H groups in total. The highest BCUT2D eigenvalue weighted by Gasteiger charge is 2.43. The van der Waals surface area contributed by atoms with Crippen molar-refractivity contribution in [3.05, 3.63) is 11.7 Å². The van der Waals surface area contributed by atoms with Gasteiger partial charge in [-0.2, -0.15) is 4.98 Å². The Kier molecular flexibility index (Phi) is 5.50. The van der Waals surface area contributed by atoms with Crippen LogP contribution in [0.4, 0.5) is 0 Å². The molecule has 134 valence electrons. The van der Waals surface area contributed by atoms with Crippen LogP contribution in [0.3, 0.4) is 0 Å². The van der Waals surface area contributed by atoms with Gasteiger partial charge < -0.3 is 19.5 Å². The van der Waals surface area contributed by atoms with E-state index in [1.807, 2.05) is 4.90 Å². The Bertz CT molecular complexity index is 548. The van der Waals surface area contributed by atoms with Crippen molar-refractivity contribution in [1.29, 1.82) is 0 Å². The van der Waals surface area contributed by atoms with Crippen molar-refractivity contribution in [2.75, 3.05) is 39.9 Å². The zero-order valence-corrected chi connectivity index (χ0v) is 14.7. The third-order valence-electron chi connectivity index (χ3n) is 5.28. The Labute approximate surface area is 143 Å². The van der Waals surface area contributed by atoms with Gasteiger partial charge in [-0.3, -0.25) is 4.79 Å². The fourth-order valence-corrected chi connectivity index (χ4v) is 4.04. The molecule has 0 spiro atoms. The number of rotatable bonds is 5. The van der Waals surface area contributed by atoms with E-state index in [4.69, 9.17) is 9.26 Å². The molecule has 1 aromatic heterocycles. The Morgan fingerprint density at radius 3 is 2.92 bits per heavy atom. The molecule has 1 atom stereocenters. The van der Waals surface area contributed by atoms with Crippen LogP contribution in [0.1, 0.15) is 37.4 Å². The molecule has 7 nitrogen and oxygen atoms in total. The summed E-state index contributed by atoms with van der Waals surface area (Å²) in [5.74, 6) is 2.02. The molecule has 24 heavy (non-hydrogen) atoms. The second-order valence-electron chi connectivity index (χ2n) is 7.16. The Hall–Kier alpha value is -1.47. The van der Waals surface area contributed by atoms with Crippen molar-refractivity contribution in [2.24, 2.45) is 11.3 Å². The number of aryl methyl sites for hydroxylation is 1. The minimum Gasteiger partial charge on any atom is -0.384 e. The van der Waals surface area contributed by atoms with Crippen LogP contribution < -0.4 is 5.32 Å². The van der Waals surface area contributed by atoms with Gasteiger partial charge in [0.1, 0.15) is 0 Å². The fraction of sp³-hybridized carbons (Fsp3) is 0.824. The van der Waals surface area contributed by atoms with Gasteiger partial charge in [-0.05, 0) is 44.7 Å². The summed E-state index contributed by atoms with van der Waals surface area (Å²) in [5.41, 5.74) is -0.357. The molecular formula is C17H28N4O3. The lowest BCUT2D eigenvalue weighted by Crippen LogP contribution is -2.53. The second-order valence-corrected chi connectivity index (χ2v) is 7.16. The van der Waals surface area contributed by atoms with Crippen LogP contribution >= 0.6 is 0 Å². The van der Waals surface area contributed by atoms with Crippen LogP contribution in [0.5, 0.6) is 0 Å². The summed E-state index contributed by atoms with van der Waals surface area (Å²) >= 11 is 0.